The van der Waals surface area contributed by atoms with Gasteiger partial charge in [0.25, 0.3) is 0 Å². The smallest absolute Gasteiger partial charge is 0.402 e. The van der Waals surface area contributed by atoms with Gasteiger partial charge in [-0.2, -0.15) is 0 Å². The van der Waals surface area contributed by atoms with Crippen molar-refractivity contribution in [2.45, 2.75) is 19.8 Å². The largest absolute Gasteiger partial charge is 0.631 e. The highest BCUT2D eigenvalue weighted by molar-refractivity contribution is 6.30. The van der Waals surface area contributed by atoms with E-state index in [0.717, 1.165) is 0 Å². The van der Waals surface area contributed by atoms with Gasteiger partial charge in [0.2, 0.25) is 0 Å². The molecule has 0 aromatic heterocycles. The first-order valence-electron chi connectivity index (χ1n) is 4.13. The fourth-order valence-corrected chi connectivity index (χ4v) is 0.838. The predicted octanol–water partition coefficient (Wildman–Crippen LogP) is 0.758. The van der Waals surface area contributed by atoms with Crippen molar-refractivity contribution < 1.29 is 15.1 Å². The van der Waals surface area contributed by atoms with E-state index >= 15 is 0 Å². The lowest BCUT2D eigenvalue weighted by Crippen LogP contribution is -2.07. The summed E-state index contributed by atoms with van der Waals surface area (Å²) in [6.45, 7) is 4.41. The molecular weight excluding hydrogens is 167 g/mol. The van der Waals surface area contributed by atoms with Gasteiger partial charge in [0, 0.05) is 0 Å². The molecule has 4 heteroatoms. The zero-order chi connectivity index (χ0) is 10.3. The summed E-state index contributed by atoms with van der Waals surface area (Å²) in [6.07, 6.45) is 0. The summed E-state index contributed by atoms with van der Waals surface area (Å²) in [6, 6.07) is 10.5. The van der Waals surface area contributed by atoms with E-state index in [-0.39, 0.29) is 0 Å². The van der Waals surface area contributed by atoms with Crippen molar-refractivity contribution in [3.63, 3.8) is 0 Å². The van der Waals surface area contributed by atoms with Gasteiger partial charge in [-0.15, -0.1) is 0 Å². The van der Waals surface area contributed by atoms with Crippen LogP contribution in [0.25, 0.3) is 0 Å². The van der Waals surface area contributed by atoms with Crippen LogP contribution in [0.3, 0.4) is 0 Å². The van der Waals surface area contributed by atoms with Gasteiger partial charge in [0.15, 0.2) is 0 Å². The molecule has 0 heterocycles. The van der Waals surface area contributed by atoms with Crippen molar-refractivity contribution in [2.75, 3.05) is 0 Å². The highest BCUT2D eigenvalue weighted by Crippen LogP contribution is 2.11. The lowest BCUT2D eigenvalue weighted by atomic mass is 10.0. The van der Waals surface area contributed by atoms with Gasteiger partial charge in [-0.05, 0) is 11.5 Å². The van der Waals surface area contributed by atoms with Crippen molar-refractivity contribution in [1.82, 2.24) is 0 Å². The average Bonchev–Trinajstić information content (AvgIpc) is 2.05. The van der Waals surface area contributed by atoms with Crippen LogP contribution < -0.4 is 0 Å². The lowest BCUT2D eigenvalue weighted by molar-refractivity contribution is 0.278. The Morgan fingerprint density at radius 3 is 1.62 bits per heavy atom. The van der Waals surface area contributed by atoms with Crippen LogP contribution in [-0.4, -0.2) is 22.4 Å². The summed E-state index contributed by atoms with van der Waals surface area (Å²) in [5.74, 6) is 0.659. The third-order valence-corrected chi connectivity index (χ3v) is 1.47. The molecule has 0 atom stereocenters. The standard InChI is InChI=1S/C9H12.BH3O3/c1-8(2)9-6-4-3-5-7-9;2-1(3)4/h3-8H,1-2H3;2-4H. The number of hydrogen-bond donors (Lipinski definition) is 3. The molecule has 0 fully saturated rings. The Balaban J connectivity index is 0.000000310. The molecule has 72 valence electrons. The molecule has 0 unspecified atom stereocenters. The summed E-state index contributed by atoms with van der Waals surface area (Å²) in [5, 5.41) is 21.5. The van der Waals surface area contributed by atoms with Crippen LogP contribution >= 0.6 is 0 Å². The highest BCUT2D eigenvalue weighted by Gasteiger charge is 1.93. The van der Waals surface area contributed by atoms with Gasteiger partial charge in [0.1, 0.15) is 0 Å². The maximum absolute atomic E-state index is 7.17. The minimum Gasteiger partial charge on any atom is -0.402 e. The van der Waals surface area contributed by atoms with Crippen molar-refractivity contribution in [3.8, 4) is 0 Å². The normalized spacial score (nSPS) is 9.08. The lowest BCUT2D eigenvalue weighted by Gasteiger charge is -2.01. The highest BCUT2D eigenvalue weighted by atomic mass is 16.5. The Morgan fingerprint density at radius 1 is 1.00 bits per heavy atom. The Kier molecular flexibility index (Phi) is 6.23. The molecule has 1 rings (SSSR count). The summed E-state index contributed by atoms with van der Waals surface area (Å²) in [4.78, 5) is 0. The van der Waals surface area contributed by atoms with Crippen LogP contribution in [0.2, 0.25) is 0 Å². The fraction of sp³-hybridized carbons (Fsp3) is 0.333. The zero-order valence-electron chi connectivity index (χ0n) is 7.88. The fourth-order valence-electron chi connectivity index (χ4n) is 0.838. The second-order valence-electron chi connectivity index (χ2n) is 2.91. The van der Waals surface area contributed by atoms with E-state index in [1.165, 1.54) is 5.56 Å². The molecule has 0 saturated heterocycles. The molecular formula is C9H15BO3. The van der Waals surface area contributed by atoms with Gasteiger partial charge in [-0.25, -0.2) is 0 Å². The van der Waals surface area contributed by atoms with Crippen molar-refractivity contribution >= 4 is 7.32 Å². The summed E-state index contributed by atoms with van der Waals surface area (Å²) in [7, 11) is -2.17. The van der Waals surface area contributed by atoms with E-state index < -0.39 is 7.32 Å². The number of rotatable bonds is 1. The molecule has 0 spiro atoms. The average molecular weight is 182 g/mol. The first-order valence-corrected chi connectivity index (χ1v) is 4.13. The molecule has 1 aromatic carbocycles. The molecule has 0 amide bonds. The Bertz CT molecular complexity index is 209. The maximum atomic E-state index is 7.17. The van der Waals surface area contributed by atoms with E-state index in [0.29, 0.717) is 5.92 Å². The summed E-state index contributed by atoms with van der Waals surface area (Å²) in [5.41, 5.74) is 1.41. The second kappa shape index (κ2) is 6.66. The summed E-state index contributed by atoms with van der Waals surface area (Å²) < 4.78 is 0. The molecule has 0 aliphatic heterocycles. The molecule has 1 aromatic rings. The number of benzene rings is 1. The van der Waals surface area contributed by atoms with Crippen molar-refractivity contribution in [1.29, 1.82) is 0 Å². The van der Waals surface area contributed by atoms with Gasteiger partial charge in [-0.1, -0.05) is 44.2 Å². The van der Waals surface area contributed by atoms with E-state index in [1.54, 1.807) is 0 Å². The first-order chi connectivity index (χ1) is 6.04. The SMILES string of the molecule is CC(C)c1ccccc1.OB(O)O. The van der Waals surface area contributed by atoms with E-state index in [1.807, 2.05) is 6.07 Å². The molecule has 3 nitrogen and oxygen atoms in total. The van der Waals surface area contributed by atoms with Crippen LogP contribution in [0, 0.1) is 0 Å². The molecule has 0 aliphatic carbocycles. The monoisotopic (exact) mass is 182 g/mol. The maximum Gasteiger partial charge on any atom is 0.631 e. The van der Waals surface area contributed by atoms with E-state index in [2.05, 4.69) is 38.1 Å². The zero-order valence-corrected chi connectivity index (χ0v) is 7.88. The van der Waals surface area contributed by atoms with Gasteiger partial charge in [-0.3, -0.25) is 0 Å². The second-order valence-corrected chi connectivity index (χ2v) is 2.91. The Morgan fingerprint density at radius 2 is 1.38 bits per heavy atom. The minimum absolute atomic E-state index is 0.659. The summed E-state index contributed by atoms with van der Waals surface area (Å²) >= 11 is 0. The van der Waals surface area contributed by atoms with Crippen molar-refractivity contribution in [2.24, 2.45) is 0 Å². The Labute approximate surface area is 78.8 Å². The third kappa shape index (κ3) is 7.52. The molecule has 0 saturated carbocycles. The van der Waals surface area contributed by atoms with Crippen LogP contribution in [0.4, 0.5) is 0 Å². The van der Waals surface area contributed by atoms with E-state index in [9.17, 15) is 0 Å². The van der Waals surface area contributed by atoms with Gasteiger partial charge >= 0.3 is 7.32 Å². The van der Waals surface area contributed by atoms with Crippen LogP contribution in [-0.2, 0) is 0 Å². The van der Waals surface area contributed by atoms with Crippen LogP contribution in [0.5, 0.6) is 0 Å². The minimum atomic E-state index is -2.17. The molecule has 0 bridgehead atoms. The molecule has 3 N–H and O–H groups in total. The first kappa shape index (κ1) is 12.2. The number of hydrogen-bond acceptors (Lipinski definition) is 3. The molecule has 0 radical (unpaired) electrons. The topological polar surface area (TPSA) is 60.7 Å². The Hall–Kier alpha value is -0.835. The molecule has 13 heavy (non-hydrogen) atoms. The van der Waals surface area contributed by atoms with Gasteiger partial charge in [0.05, 0.1) is 0 Å². The quantitative estimate of drug-likeness (QED) is 0.562. The van der Waals surface area contributed by atoms with Gasteiger partial charge < -0.3 is 15.1 Å². The third-order valence-electron chi connectivity index (χ3n) is 1.47. The van der Waals surface area contributed by atoms with E-state index in [4.69, 9.17) is 15.1 Å². The van der Waals surface area contributed by atoms with Crippen LogP contribution in [0.1, 0.15) is 25.3 Å². The molecule has 0 aliphatic rings. The predicted molar refractivity (Wildman–Crippen MR) is 52.9 cm³/mol. The van der Waals surface area contributed by atoms with Crippen LogP contribution in [0.15, 0.2) is 30.3 Å². The van der Waals surface area contributed by atoms with Crippen molar-refractivity contribution in [3.05, 3.63) is 35.9 Å².